The van der Waals surface area contributed by atoms with Gasteiger partial charge in [0, 0.05) is 5.75 Å². The number of nitrogens with two attached hydrogens (primary N) is 1. The number of thiol groups is 1. The highest BCUT2D eigenvalue weighted by Gasteiger charge is 2.17. The first kappa shape index (κ1) is 11.3. The van der Waals surface area contributed by atoms with Crippen LogP contribution in [-0.4, -0.2) is 27.1 Å². The second kappa shape index (κ2) is 4.32. The van der Waals surface area contributed by atoms with E-state index in [9.17, 15) is 10.2 Å². The number of benzene rings is 1. The molecule has 0 amide bonds. The molecule has 0 aliphatic carbocycles. The van der Waals surface area contributed by atoms with Crippen molar-refractivity contribution in [3.63, 3.8) is 0 Å². The Morgan fingerprint density at radius 2 is 2.19 bits per heavy atom. The Morgan fingerprint density at radius 3 is 2.88 bits per heavy atom. The van der Waals surface area contributed by atoms with E-state index in [2.05, 4.69) is 17.6 Å². The van der Waals surface area contributed by atoms with E-state index in [0.717, 1.165) is 0 Å². The SMILES string of the molecule is Nc1nc2cc(C(O)C(O)CS)ccc2o1. The van der Waals surface area contributed by atoms with Gasteiger partial charge in [-0.1, -0.05) is 6.07 Å². The molecule has 2 atom stereocenters. The summed E-state index contributed by atoms with van der Waals surface area (Å²) in [5.74, 6) is 0.181. The molecular formula is C10H12N2O3S. The summed E-state index contributed by atoms with van der Waals surface area (Å²) in [6.07, 6.45) is -1.90. The van der Waals surface area contributed by atoms with Gasteiger partial charge in [0.2, 0.25) is 0 Å². The van der Waals surface area contributed by atoms with Crippen LogP contribution in [0.5, 0.6) is 0 Å². The summed E-state index contributed by atoms with van der Waals surface area (Å²) in [5.41, 5.74) is 7.06. The molecule has 2 rings (SSSR count). The van der Waals surface area contributed by atoms with Gasteiger partial charge in [-0.15, -0.1) is 0 Å². The van der Waals surface area contributed by atoms with Crippen molar-refractivity contribution in [2.24, 2.45) is 0 Å². The quantitative estimate of drug-likeness (QED) is 0.594. The van der Waals surface area contributed by atoms with Crippen molar-refractivity contribution in [1.29, 1.82) is 0 Å². The largest absolute Gasteiger partial charge is 0.424 e. The zero-order valence-corrected chi connectivity index (χ0v) is 9.26. The lowest BCUT2D eigenvalue weighted by molar-refractivity contribution is 0.0338. The predicted molar refractivity (Wildman–Crippen MR) is 63.2 cm³/mol. The van der Waals surface area contributed by atoms with Gasteiger partial charge in [0.1, 0.15) is 11.6 Å². The van der Waals surface area contributed by atoms with Crippen molar-refractivity contribution in [2.45, 2.75) is 12.2 Å². The molecule has 0 fully saturated rings. The van der Waals surface area contributed by atoms with Crippen LogP contribution in [0.2, 0.25) is 0 Å². The topological polar surface area (TPSA) is 92.5 Å². The first-order chi connectivity index (χ1) is 7.61. The summed E-state index contributed by atoms with van der Waals surface area (Å²) >= 11 is 3.92. The molecule has 1 aromatic heterocycles. The number of anilines is 1. The molecule has 4 N–H and O–H groups in total. The van der Waals surface area contributed by atoms with Crippen LogP contribution in [0.1, 0.15) is 11.7 Å². The molecular weight excluding hydrogens is 228 g/mol. The average molecular weight is 240 g/mol. The van der Waals surface area contributed by atoms with Crippen molar-refractivity contribution in [2.75, 3.05) is 11.5 Å². The van der Waals surface area contributed by atoms with Gasteiger partial charge in [-0.2, -0.15) is 17.6 Å². The summed E-state index contributed by atoms with van der Waals surface area (Å²) in [7, 11) is 0. The minimum Gasteiger partial charge on any atom is -0.424 e. The van der Waals surface area contributed by atoms with E-state index in [0.29, 0.717) is 16.7 Å². The minimum absolute atomic E-state index is 0.0800. The Hall–Kier alpha value is -1.24. The van der Waals surface area contributed by atoms with Crippen molar-refractivity contribution in [3.8, 4) is 0 Å². The number of nitrogens with zero attached hydrogens (tertiary/aromatic N) is 1. The smallest absolute Gasteiger partial charge is 0.292 e. The average Bonchev–Trinajstić information content (AvgIpc) is 2.65. The molecule has 0 aliphatic heterocycles. The molecule has 16 heavy (non-hydrogen) atoms. The maximum absolute atomic E-state index is 9.77. The third kappa shape index (κ3) is 1.99. The number of hydrogen-bond donors (Lipinski definition) is 4. The first-order valence-corrected chi connectivity index (χ1v) is 5.38. The number of oxazole rings is 1. The van der Waals surface area contributed by atoms with Crippen LogP contribution < -0.4 is 5.73 Å². The Kier molecular flexibility index (Phi) is 3.04. The molecule has 2 aromatic rings. The lowest BCUT2D eigenvalue weighted by Crippen LogP contribution is -2.19. The Balaban J connectivity index is 2.38. The molecule has 86 valence electrons. The van der Waals surface area contributed by atoms with E-state index in [-0.39, 0.29) is 11.8 Å². The fraction of sp³-hybridized carbons (Fsp3) is 0.300. The summed E-state index contributed by atoms with van der Waals surface area (Å²) in [4.78, 5) is 3.94. The van der Waals surface area contributed by atoms with Crippen LogP contribution >= 0.6 is 12.6 Å². The molecule has 0 aliphatic rings. The summed E-state index contributed by atoms with van der Waals surface area (Å²) in [6.45, 7) is 0. The highest BCUT2D eigenvalue weighted by Crippen LogP contribution is 2.23. The molecule has 0 bridgehead atoms. The maximum atomic E-state index is 9.77. The molecule has 1 aromatic carbocycles. The fourth-order valence-electron chi connectivity index (χ4n) is 1.47. The van der Waals surface area contributed by atoms with E-state index in [1.54, 1.807) is 18.2 Å². The molecule has 6 heteroatoms. The summed E-state index contributed by atoms with van der Waals surface area (Å²) in [5, 5.41) is 19.2. The highest BCUT2D eigenvalue weighted by molar-refractivity contribution is 7.80. The Morgan fingerprint density at radius 1 is 1.44 bits per heavy atom. The van der Waals surface area contributed by atoms with Crippen molar-refractivity contribution in [3.05, 3.63) is 23.8 Å². The molecule has 0 radical (unpaired) electrons. The van der Waals surface area contributed by atoms with Gasteiger partial charge in [0.05, 0.1) is 6.10 Å². The third-order valence-electron chi connectivity index (χ3n) is 2.32. The maximum Gasteiger partial charge on any atom is 0.292 e. The van der Waals surface area contributed by atoms with Crippen LogP contribution in [0.4, 0.5) is 6.01 Å². The molecule has 0 saturated carbocycles. The molecule has 1 heterocycles. The van der Waals surface area contributed by atoms with Gasteiger partial charge < -0.3 is 20.4 Å². The summed E-state index contributed by atoms with van der Waals surface area (Å²) in [6, 6.07) is 5.02. The van der Waals surface area contributed by atoms with Gasteiger partial charge >= 0.3 is 0 Å². The standard InChI is InChI=1S/C10H12N2O3S/c11-10-12-6-3-5(1-2-8(6)15-10)9(14)7(13)4-16/h1-3,7,9,13-14,16H,4H2,(H2,11,12). The van der Waals surface area contributed by atoms with E-state index in [1.807, 2.05) is 0 Å². The van der Waals surface area contributed by atoms with E-state index in [4.69, 9.17) is 10.2 Å². The van der Waals surface area contributed by atoms with Crippen LogP contribution in [0.3, 0.4) is 0 Å². The minimum atomic E-state index is -0.986. The van der Waals surface area contributed by atoms with Gasteiger partial charge in [-0.25, -0.2) is 0 Å². The molecule has 5 nitrogen and oxygen atoms in total. The second-order valence-corrected chi connectivity index (χ2v) is 3.84. The fourth-order valence-corrected chi connectivity index (χ4v) is 1.67. The van der Waals surface area contributed by atoms with Gasteiger partial charge in [-0.05, 0) is 17.7 Å². The normalized spacial score (nSPS) is 15.2. The first-order valence-electron chi connectivity index (χ1n) is 4.75. The number of hydrogen-bond acceptors (Lipinski definition) is 6. The van der Waals surface area contributed by atoms with Crippen LogP contribution in [0.25, 0.3) is 11.1 Å². The second-order valence-electron chi connectivity index (χ2n) is 3.47. The number of aromatic nitrogens is 1. The van der Waals surface area contributed by atoms with Crippen LogP contribution in [0.15, 0.2) is 22.6 Å². The zero-order chi connectivity index (χ0) is 11.7. The van der Waals surface area contributed by atoms with Crippen molar-refractivity contribution in [1.82, 2.24) is 4.98 Å². The number of aliphatic hydroxyl groups is 2. The predicted octanol–water partition coefficient (Wildman–Crippen LogP) is 0.734. The van der Waals surface area contributed by atoms with Crippen molar-refractivity contribution < 1.29 is 14.6 Å². The van der Waals surface area contributed by atoms with Crippen LogP contribution in [-0.2, 0) is 0 Å². The lowest BCUT2D eigenvalue weighted by atomic mass is 10.1. The Bertz CT molecular complexity index is 500. The zero-order valence-electron chi connectivity index (χ0n) is 8.37. The van der Waals surface area contributed by atoms with Crippen LogP contribution in [0, 0.1) is 0 Å². The molecule has 2 unspecified atom stereocenters. The summed E-state index contributed by atoms with van der Waals surface area (Å²) < 4.78 is 5.10. The number of rotatable bonds is 3. The highest BCUT2D eigenvalue weighted by atomic mass is 32.1. The molecule has 0 saturated heterocycles. The lowest BCUT2D eigenvalue weighted by Gasteiger charge is -2.15. The Labute approximate surface area is 97.3 Å². The van der Waals surface area contributed by atoms with Gasteiger partial charge in [-0.3, -0.25) is 0 Å². The molecule has 0 spiro atoms. The third-order valence-corrected chi connectivity index (χ3v) is 2.70. The number of aliphatic hydroxyl groups excluding tert-OH is 2. The van der Waals surface area contributed by atoms with Crippen molar-refractivity contribution >= 4 is 29.7 Å². The number of nitrogen functional groups attached to an aromatic ring is 1. The van der Waals surface area contributed by atoms with Gasteiger partial charge in [0.15, 0.2) is 5.58 Å². The van der Waals surface area contributed by atoms with Gasteiger partial charge in [0.25, 0.3) is 6.01 Å². The van der Waals surface area contributed by atoms with E-state index < -0.39 is 12.2 Å². The number of fused-ring (bicyclic) bond motifs is 1. The van der Waals surface area contributed by atoms with E-state index in [1.165, 1.54) is 0 Å². The monoisotopic (exact) mass is 240 g/mol. The van der Waals surface area contributed by atoms with E-state index >= 15 is 0 Å².